The first kappa shape index (κ1) is 15.6. The highest BCUT2D eigenvalue weighted by molar-refractivity contribution is 8.00. The second kappa shape index (κ2) is 6.91. The van der Waals surface area contributed by atoms with E-state index in [4.69, 9.17) is 0 Å². The largest absolute Gasteiger partial charge is 0.334 e. The van der Waals surface area contributed by atoms with Crippen molar-refractivity contribution in [3.63, 3.8) is 0 Å². The van der Waals surface area contributed by atoms with Crippen LogP contribution in [0.15, 0.2) is 53.0 Å². The summed E-state index contributed by atoms with van der Waals surface area (Å²) in [5.74, 6) is 0.593. The van der Waals surface area contributed by atoms with Gasteiger partial charge < -0.3 is 4.90 Å². The molecule has 2 aromatic heterocycles. The number of rotatable bonds is 4. The highest BCUT2D eigenvalue weighted by atomic mass is 32.2. The maximum atomic E-state index is 12.7. The van der Waals surface area contributed by atoms with Crippen LogP contribution in [0.4, 0.5) is 0 Å². The Labute approximate surface area is 148 Å². The molecule has 1 atom stereocenters. The van der Waals surface area contributed by atoms with Crippen molar-refractivity contribution < 1.29 is 4.79 Å². The van der Waals surface area contributed by atoms with Crippen LogP contribution in [0.3, 0.4) is 0 Å². The summed E-state index contributed by atoms with van der Waals surface area (Å²) >= 11 is 3.22. The van der Waals surface area contributed by atoms with Crippen LogP contribution in [0.2, 0.25) is 0 Å². The normalized spacial score (nSPS) is 17.5. The molecule has 1 amide bonds. The van der Waals surface area contributed by atoms with Crippen molar-refractivity contribution in [2.24, 2.45) is 0 Å². The molecule has 0 N–H and O–H groups in total. The monoisotopic (exact) mass is 355 g/mol. The zero-order valence-corrected chi connectivity index (χ0v) is 14.7. The Kier molecular flexibility index (Phi) is 4.49. The van der Waals surface area contributed by atoms with Crippen LogP contribution in [0, 0.1) is 0 Å². The molecule has 1 aliphatic rings. The molecular weight excluding hydrogens is 338 g/mol. The van der Waals surface area contributed by atoms with Crippen LogP contribution in [-0.4, -0.2) is 33.3 Å². The SMILES string of the molecule is O=C(CSc1nncc2ccccc12)N1CCCC1c1cccs1. The fourth-order valence-electron chi connectivity index (χ4n) is 3.16. The van der Waals surface area contributed by atoms with E-state index >= 15 is 0 Å². The molecule has 0 aliphatic carbocycles. The molecular formula is C18H17N3OS2. The van der Waals surface area contributed by atoms with E-state index in [0.29, 0.717) is 5.75 Å². The number of hydrogen-bond acceptors (Lipinski definition) is 5. The molecule has 3 heterocycles. The van der Waals surface area contributed by atoms with Crippen molar-refractivity contribution in [2.75, 3.05) is 12.3 Å². The Morgan fingerprint density at radius 1 is 1.29 bits per heavy atom. The number of nitrogens with zero attached hydrogens (tertiary/aromatic N) is 3. The lowest BCUT2D eigenvalue weighted by Crippen LogP contribution is -2.31. The number of amides is 1. The minimum Gasteiger partial charge on any atom is -0.334 e. The van der Waals surface area contributed by atoms with Gasteiger partial charge in [-0.05, 0) is 24.3 Å². The van der Waals surface area contributed by atoms with Gasteiger partial charge in [0.25, 0.3) is 0 Å². The zero-order valence-electron chi connectivity index (χ0n) is 13.1. The van der Waals surface area contributed by atoms with E-state index in [-0.39, 0.29) is 11.9 Å². The number of carbonyl (C=O) groups excluding carboxylic acids is 1. The van der Waals surface area contributed by atoms with Crippen molar-refractivity contribution in [3.8, 4) is 0 Å². The third kappa shape index (κ3) is 3.03. The number of benzene rings is 1. The Bertz CT molecular complexity index is 845. The van der Waals surface area contributed by atoms with Crippen molar-refractivity contribution in [1.82, 2.24) is 15.1 Å². The van der Waals surface area contributed by atoms with E-state index in [1.54, 1.807) is 17.5 Å². The second-order valence-corrected chi connectivity index (χ2v) is 7.73. The number of carbonyl (C=O) groups is 1. The summed E-state index contributed by atoms with van der Waals surface area (Å²) in [5.41, 5.74) is 0. The van der Waals surface area contributed by atoms with Crippen LogP contribution >= 0.6 is 23.1 Å². The molecule has 1 fully saturated rings. The molecule has 0 spiro atoms. The predicted octanol–water partition coefficient (Wildman–Crippen LogP) is 4.15. The number of thiophene rings is 1. The van der Waals surface area contributed by atoms with Gasteiger partial charge in [0, 0.05) is 22.2 Å². The van der Waals surface area contributed by atoms with Gasteiger partial charge in [0.05, 0.1) is 18.0 Å². The lowest BCUT2D eigenvalue weighted by Gasteiger charge is -2.23. The first-order valence-electron chi connectivity index (χ1n) is 7.99. The Morgan fingerprint density at radius 3 is 3.08 bits per heavy atom. The van der Waals surface area contributed by atoms with Crippen LogP contribution in [0.5, 0.6) is 0 Å². The summed E-state index contributed by atoms with van der Waals surface area (Å²) in [4.78, 5) is 16.0. The molecule has 4 nitrogen and oxygen atoms in total. The van der Waals surface area contributed by atoms with Crippen LogP contribution < -0.4 is 0 Å². The second-order valence-electron chi connectivity index (χ2n) is 5.79. The predicted molar refractivity (Wildman–Crippen MR) is 98.3 cm³/mol. The summed E-state index contributed by atoms with van der Waals surface area (Å²) in [5, 5.41) is 13.3. The quantitative estimate of drug-likeness (QED) is 0.660. The van der Waals surface area contributed by atoms with Crippen LogP contribution in [-0.2, 0) is 4.79 Å². The molecule has 24 heavy (non-hydrogen) atoms. The number of aromatic nitrogens is 2. The van der Waals surface area contributed by atoms with Crippen molar-refractivity contribution in [1.29, 1.82) is 0 Å². The van der Waals surface area contributed by atoms with E-state index in [9.17, 15) is 4.79 Å². The Morgan fingerprint density at radius 2 is 2.21 bits per heavy atom. The summed E-state index contributed by atoms with van der Waals surface area (Å²) < 4.78 is 0. The van der Waals surface area contributed by atoms with Gasteiger partial charge in [-0.2, -0.15) is 5.10 Å². The summed E-state index contributed by atoms with van der Waals surface area (Å²) in [6, 6.07) is 12.5. The highest BCUT2D eigenvalue weighted by Crippen LogP contribution is 2.35. The highest BCUT2D eigenvalue weighted by Gasteiger charge is 2.30. The number of thioether (sulfide) groups is 1. The van der Waals surface area contributed by atoms with Gasteiger partial charge in [0.15, 0.2) is 0 Å². The first-order chi connectivity index (χ1) is 11.8. The van der Waals surface area contributed by atoms with Crippen LogP contribution in [0.25, 0.3) is 10.8 Å². The van der Waals surface area contributed by atoms with Gasteiger partial charge in [-0.3, -0.25) is 4.79 Å². The molecule has 1 aliphatic heterocycles. The van der Waals surface area contributed by atoms with Crippen molar-refractivity contribution in [3.05, 3.63) is 52.9 Å². The lowest BCUT2D eigenvalue weighted by atomic mass is 10.2. The maximum Gasteiger partial charge on any atom is 0.233 e. The fraction of sp³-hybridized carbons (Fsp3) is 0.278. The number of likely N-dealkylation sites (tertiary alicyclic amines) is 1. The minimum atomic E-state index is 0.186. The average molecular weight is 355 g/mol. The first-order valence-corrected chi connectivity index (χ1v) is 9.85. The smallest absolute Gasteiger partial charge is 0.233 e. The third-order valence-electron chi connectivity index (χ3n) is 4.31. The molecule has 1 saturated heterocycles. The van der Waals surface area contributed by atoms with E-state index in [2.05, 4.69) is 27.7 Å². The van der Waals surface area contributed by atoms with E-state index in [1.807, 2.05) is 29.2 Å². The molecule has 4 rings (SSSR count). The summed E-state index contributed by atoms with van der Waals surface area (Å²) in [7, 11) is 0. The van der Waals surface area contributed by atoms with Crippen LogP contribution in [0.1, 0.15) is 23.8 Å². The standard InChI is InChI=1S/C18H17N3OS2/c22-17(21-9-3-7-15(21)16-8-4-10-23-16)12-24-18-14-6-2-1-5-13(14)11-19-20-18/h1-2,4-6,8,10-11,15H,3,7,9,12H2. The molecule has 0 radical (unpaired) electrons. The van der Waals surface area contributed by atoms with Gasteiger partial charge in [-0.25, -0.2) is 0 Å². The Balaban J connectivity index is 1.48. The van der Waals surface area contributed by atoms with E-state index in [0.717, 1.165) is 35.2 Å². The molecule has 1 aromatic carbocycles. The number of hydrogen-bond donors (Lipinski definition) is 0. The average Bonchev–Trinajstić information content (AvgIpc) is 3.30. The van der Waals surface area contributed by atoms with Gasteiger partial charge in [0.2, 0.25) is 5.91 Å². The Hall–Kier alpha value is -1.92. The molecule has 6 heteroatoms. The van der Waals surface area contributed by atoms with Gasteiger partial charge in [-0.15, -0.1) is 16.4 Å². The zero-order chi connectivity index (χ0) is 16.4. The summed E-state index contributed by atoms with van der Waals surface area (Å²) in [6.07, 6.45) is 3.90. The molecule has 1 unspecified atom stereocenters. The third-order valence-corrected chi connectivity index (χ3v) is 6.25. The van der Waals surface area contributed by atoms with Gasteiger partial charge in [0.1, 0.15) is 5.03 Å². The van der Waals surface area contributed by atoms with Crippen molar-refractivity contribution >= 4 is 39.8 Å². The molecule has 3 aromatic rings. The molecule has 0 bridgehead atoms. The molecule has 122 valence electrons. The molecule has 0 saturated carbocycles. The lowest BCUT2D eigenvalue weighted by molar-refractivity contribution is -0.129. The number of fused-ring (bicyclic) bond motifs is 1. The minimum absolute atomic E-state index is 0.186. The topological polar surface area (TPSA) is 46.1 Å². The maximum absolute atomic E-state index is 12.7. The van der Waals surface area contributed by atoms with Crippen molar-refractivity contribution in [2.45, 2.75) is 23.9 Å². The summed E-state index contributed by atoms with van der Waals surface area (Å²) in [6.45, 7) is 0.850. The van der Waals surface area contributed by atoms with Gasteiger partial charge in [-0.1, -0.05) is 42.1 Å². The van der Waals surface area contributed by atoms with E-state index < -0.39 is 0 Å². The fourth-order valence-corrected chi connectivity index (χ4v) is 4.91. The van der Waals surface area contributed by atoms with E-state index in [1.165, 1.54) is 16.6 Å². The van der Waals surface area contributed by atoms with Gasteiger partial charge >= 0.3 is 0 Å².